The van der Waals surface area contributed by atoms with Crippen LogP contribution in [0.1, 0.15) is 183 Å². The van der Waals surface area contributed by atoms with Crippen molar-refractivity contribution in [2.75, 3.05) is 45.8 Å². The molecule has 0 fully saturated rings. The van der Waals surface area contributed by atoms with Crippen LogP contribution in [0.5, 0.6) is 23.0 Å². The molecule has 12 rings (SSSR count). The van der Waals surface area contributed by atoms with E-state index in [0.29, 0.717) is 68.0 Å². The number of anilines is 6. The summed E-state index contributed by atoms with van der Waals surface area (Å²) in [7, 11) is 0. The first-order valence-electron chi connectivity index (χ1n) is 31.9. The van der Waals surface area contributed by atoms with E-state index in [1.165, 1.54) is 0 Å². The van der Waals surface area contributed by atoms with Crippen LogP contribution in [0, 0.1) is 13.8 Å². The second kappa shape index (κ2) is 24.1. The van der Waals surface area contributed by atoms with Crippen molar-refractivity contribution in [3.63, 3.8) is 0 Å². The fourth-order valence-electron chi connectivity index (χ4n) is 13.8. The van der Waals surface area contributed by atoms with Gasteiger partial charge in [0.25, 0.3) is 0 Å². The molecule has 0 saturated carbocycles. The second-order valence-corrected chi connectivity index (χ2v) is 24.9. The number of nitrogens with zero attached hydrogens (tertiary/aromatic N) is 4. The van der Waals surface area contributed by atoms with Crippen molar-refractivity contribution in [2.45, 2.75) is 137 Å². The van der Waals surface area contributed by atoms with Gasteiger partial charge in [-0.3, -0.25) is 19.4 Å². The average Bonchev–Trinajstić information content (AvgIpc) is 1.65. The molecule has 2 spiro atoms. The summed E-state index contributed by atoms with van der Waals surface area (Å²) in [5, 5.41) is 0. The van der Waals surface area contributed by atoms with Crippen LogP contribution in [0.4, 0.5) is 34.1 Å². The molecule has 0 aromatic heterocycles. The Hall–Kier alpha value is -9.16. The summed E-state index contributed by atoms with van der Waals surface area (Å²) < 4.78 is 27.1. The van der Waals surface area contributed by atoms with Crippen LogP contribution < -0.4 is 29.1 Å². The Morgan fingerprint density at radius 1 is 0.416 bits per heavy atom. The van der Waals surface area contributed by atoms with Gasteiger partial charge in [0.1, 0.15) is 23.0 Å². The van der Waals surface area contributed by atoms with E-state index in [-0.39, 0.29) is 11.8 Å². The van der Waals surface area contributed by atoms with E-state index in [2.05, 4.69) is 99.9 Å². The molecule has 89 heavy (non-hydrogen) atoms. The van der Waals surface area contributed by atoms with Crippen LogP contribution in [0.15, 0.2) is 158 Å². The van der Waals surface area contributed by atoms with Gasteiger partial charge in [0, 0.05) is 114 Å². The van der Waals surface area contributed by atoms with Crippen LogP contribution in [0.3, 0.4) is 0 Å². The number of benzene rings is 8. The fourth-order valence-corrected chi connectivity index (χ4v) is 13.8. The van der Waals surface area contributed by atoms with Gasteiger partial charge in [-0.15, -0.1) is 0 Å². The largest absolute Gasteiger partial charge is 0.456 e. The molecular weight excluding hydrogens is 1110 g/mol. The predicted octanol–water partition coefficient (Wildman–Crippen LogP) is 17.9. The number of aryl methyl sites for hydroxylation is 2. The normalized spacial score (nSPS) is 16.4. The Labute approximate surface area is 524 Å². The van der Waals surface area contributed by atoms with Gasteiger partial charge in [-0.2, -0.15) is 0 Å². The van der Waals surface area contributed by atoms with E-state index in [9.17, 15) is 19.2 Å². The molecule has 8 aromatic rings. The molecule has 2 amide bonds. The maximum atomic E-state index is 14.1. The Morgan fingerprint density at radius 2 is 0.753 bits per heavy atom. The quantitative estimate of drug-likeness (QED) is 0.0683. The summed E-state index contributed by atoms with van der Waals surface area (Å²) in [6, 6.07) is 51.6. The Kier molecular flexibility index (Phi) is 16.3. The zero-order chi connectivity index (χ0) is 62.5. The molecule has 4 heterocycles. The van der Waals surface area contributed by atoms with Gasteiger partial charge < -0.3 is 28.7 Å². The molecule has 0 saturated heterocycles. The van der Waals surface area contributed by atoms with Gasteiger partial charge in [0.2, 0.25) is 11.8 Å². The van der Waals surface area contributed by atoms with Crippen molar-refractivity contribution in [3.05, 3.63) is 224 Å². The number of carbonyl (C=O) groups excluding carboxylic acids is 4. The number of hydrogen-bond acceptors (Lipinski definition) is 10. The van der Waals surface area contributed by atoms with Crippen LogP contribution in [0.25, 0.3) is 0 Å². The summed E-state index contributed by atoms with van der Waals surface area (Å²) in [6.45, 7) is 23.9. The minimum absolute atomic E-state index is 0.193. The molecule has 0 N–H and O–H groups in total. The summed E-state index contributed by atoms with van der Waals surface area (Å²) >= 11 is 0. The molecule has 2 unspecified atom stereocenters. The number of rotatable bonds is 20. The molecule has 0 radical (unpaired) electrons. The summed E-state index contributed by atoms with van der Waals surface area (Å²) in [4.78, 5) is 64.5. The summed E-state index contributed by atoms with van der Waals surface area (Å²) in [5.74, 6) is 1.15. The van der Waals surface area contributed by atoms with E-state index in [1.807, 2.05) is 123 Å². The Balaban J connectivity index is 0.854. The topological polar surface area (TPSA) is 118 Å². The average molecular weight is 1190 g/mol. The van der Waals surface area contributed by atoms with E-state index in [0.717, 1.165) is 133 Å². The molecule has 2 atom stereocenters. The van der Waals surface area contributed by atoms with Crippen LogP contribution in [-0.4, -0.2) is 49.9 Å². The number of ether oxygens (including phenoxy) is 4. The van der Waals surface area contributed by atoms with E-state index >= 15 is 0 Å². The Bertz CT molecular complexity index is 3800. The van der Waals surface area contributed by atoms with E-state index in [4.69, 9.17) is 18.9 Å². The fraction of sp³-hybridized carbons (Fsp3) is 0.325. The van der Waals surface area contributed by atoms with E-state index in [1.54, 1.807) is 23.6 Å². The standard InChI is InChI=1S/C77H80N4O8/c1-11-15-39-78(40-16-12-2)57-35-37-63-71(45-57)86-69-43-49(5)67(47-65(69)76(63)61-25-21-19-23-59(61)73(84)88-76)80(51(7)82)55-31-27-53(28-32-55)75(9,10)54-29-33-56(34-30-54)81(52(8)83)68-48-66-70(44-50(68)6)87-72-46-58(79(41-17-13-3)42-18-14-4)36-38-64(72)77(66)62-26-22-20-24-60(62)74(85)89-77/h19-38,43-48H,11-18,39-42H2,1-10H3. The molecular formula is C77H80N4O8. The molecule has 4 aliphatic heterocycles. The lowest BCUT2D eigenvalue weighted by Crippen LogP contribution is -2.34. The zero-order valence-electron chi connectivity index (χ0n) is 53.1. The first kappa shape index (κ1) is 60.1. The first-order valence-corrected chi connectivity index (χ1v) is 31.9. The lowest BCUT2D eigenvalue weighted by molar-refractivity contribution is -0.116. The first-order chi connectivity index (χ1) is 43.0. The van der Waals surface area contributed by atoms with Gasteiger partial charge >= 0.3 is 11.9 Å². The number of unbranched alkanes of at least 4 members (excludes halogenated alkanes) is 4. The monoisotopic (exact) mass is 1190 g/mol. The smallest absolute Gasteiger partial charge is 0.340 e. The third-order valence-electron chi connectivity index (χ3n) is 18.7. The third-order valence-corrected chi connectivity index (χ3v) is 18.7. The second-order valence-electron chi connectivity index (χ2n) is 24.9. The molecule has 4 aliphatic rings. The van der Waals surface area contributed by atoms with Crippen molar-refractivity contribution in [2.24, 2.45) is 0 Å². The highest BCUT2D eigenvalue weighted by Crippen LogP contribution is 2.60. The minimum Gasteiger partial charge on any atom is -0.456 e. The molecule has 8 aromatic carbocycles. The highest BCUT2D eigenvalue weighted by Gasteiger charge is 2.56. The van der Waals surface area contributed by atoms with Gasteiger partial charge in [-0.1, -0.05) is 128 Å². The summed E-state index contributed by atoms with van der Waals surface area (Å²) in [5.41, 5.74) is 10.3. The van der Waals surface area contributed by atoms with Crippen molar-refractivity contribution in [1.82, 2.24) is 0 Å². The summed E-state index contributed by atoms with van der Waals surface area (Å²) in [6.07, 6.45) is 8.59. The Morgan fingerprint density at radius 3 is 1.10 bits per heavy atom. The predicted molar refractivity (Wildman–Crippen MR) is 354 cm³/mol. The van der Waals surface area contributed by atoms with Crippen molar-refractivity contribution in [1.29, 1.82) is 0 Å². The van der Waals surface area contributed by atoms with Crippen LogP contribution in [0.2, 0.25) is 0 Å². The lowest BCUT2D eigenvalue weighted by atomic mass is 9.77. The van der Waals surface area contributed by atoms with Crippen molar-refractivity contribution >= 4 is 57.9 Å². The van der Waals surface area contributed by atoms with Crippen molar-refractivity contribution in [3.8, 4) is 23.0 Å². The maximum Gasteiger partial charge on any atom is 0.340 e. The van der Waals surface area contributed by atoms with Gasteiger partial charge in [0.15, 0.2) is 11.2 Å². The molecule has 12 heteroatoms. The van der Waals surface area contributed by atoms with Crippen molar-refractivity contribution < 1.29 is 38.1 Å². The molecule has 0 bridgehead atoms. The van der Waals surface area contributed by atoms with E-state index < -0.39 is 28.6 Å². The highest BCUT2D eigenvalue weighted by molar-refractivity contribution is 6.03. The number of hydrogen-bond donors (Lipinski definition) is 0. The van der Waals surface area contributed by atoms with Crippen LogP contribution in [-0.2, 0) is 35.7 Å². The highest BCUT2D eigenvalue weighted by atomic mass is 16.6. The molecule has 12 nitrogen and oxygen atoms in total. The molecule has 456 valence electrons. The maximum absolute atomic E-state index is 14.1. The van der Waals surface area contributed by atoms with Crippen LogP contribution >= 0.6 is 0 Å². The number of carbonyl (C=O) groups is 4. The number of fused-ring (bicyclic) bond motifs is 12. The zero-order valence-corrected chi connectivity index (χ0v) is 53.1. The van der Waals surface area contributed by atoms with Gasteiger partial charge in [0.05, 0.1) is 22.5 Å². The minimum atomic E-state index is -1.33. The van der Waals surface area contributed by atoms with Gasteiger partial charge in [-0.25, -0.2) is 9.59 Å². The third kappa shape index (κ3) is 10.3. The number of esters is 2. The number of amides is 2. The lowest BCUT2D eigenvalue weighted by Gasteiger charge is -2.38. The van der Waals surface area contributed by atoms with Gasteiger partial charge in [-0.05, 0) is 147 Å². The SMILES string of the molecule is CCCCN(CCCC)c1ccc2c(c1)Oc1cc(C)c(N(C(C)=O)c3ccc(C(C)(C)c4ccc(N(C(C)=O)c5cc6c(cc5C)Oc5cc(N(CCCC)CCCC)ccc5C65OC(=O)c6ccccc65)cc4)cc3)cc1C21OC(=O)c2ccccc21. The molecule has 0 aliphatic carbocycles.